The van der Waals surface area contributed by atoms with Crippen LogP contribution in [-0.2, 0) is 16.1 Å². The highest BCUT2D eigenvalue weighted by Gasteiger charge is 2.34. The molecule has 1 fully saturated rings. The fraction of sp³-hybridized carbons (Fsp3) is 0.286. The molecule has 2 aromatic rings. The summed E-state index contributed by atoms with van der Waals surface area (Å²) in [5, 5.41) is 2.55. The van der Waals surface area contributed by atoms with E-state index in [-0.39, 0.29) is 23.8 Å². The molecule has 0 saturated carbocycles. The molecule has 0 bridgehead atoms. The molecular formula is C21H21BrN2O7. The van der Waals surface area contributed by atoms with E-state index in [0.717, 1.165) is 4.90 Å². The average molecular weight is 493 g/mol. The van der Waals surface area contributed by atoms with Gasteiger partial charge in [0.2, 0.25) is 5.76 Å². The number of urea groups is 1. The van der Waals surface area contributed by atoms with Gasteiger partial charge in [0, 0.05) is 0 Å². The zero-order valence-electron chi connectivity index (χ0n) is 17.2. The summed E-state index contributed by atoms with van der Waals surface area (Å²) < 4.78 is 21.8. The van der Waals surface area contributed by atoms with Crippen molar-refractivity contribution >= 4 is 39.9 Å². The topological polar surface area (TPSA) is 107 Å². The molecule has 2 heterocycles. The second kappa shape index (κ2) is 9.69. The predicted octanol–water partition coefficient (Wildman–Crippen LogP) is 3.72. The first-order valence-electron chi connectivity index (χ1n) is 9.48. The smallest absolute Gasteiger partial charge is 0.373 e. The summed E-state index contributed by atoms with van der Waals surface area (Å²) in [5.41, 5.74) is 0.735. The van der Waals surface area contributed by atoms with Crippen LogP contribution in [0.2, 0.25) is 0 Å². The van der Waals surface area contributed by atoms with Crippen LogP contribution in [0.3, 0.4) is 0 Å². The first-order chi connectivity index (χ1) is 14.9. The number of rotatable bonds is 8. The van der Waals surface area contributed by atoms with Gasteiger partial charge in [0.05, 0.1) is 31.3 Å². The monoisotopic (exact) mass is 492 g/mol. The number of carbonyl (C=O) groups excluding carboxylic acids is 3. The van der Waals surface area contributed by atoms with Crippen LogP contribution in [0.4, 0.5) is 4.79 Å². The van der Waals surface area contributed by atoms with Crippen molar-refractivity contribution in [3.05, 3.63) is 51.5 Å². The molecule has 3 rings (SSSR count). The summed E-state index contributed by atoms with van der Waals surface area (Å²) >= 11 is 3.45. The number of carbonyl (C=O) groups is 3. The minimum Gasteiger partial charge on any atom is -0.490 e. The Balaban J connectivity index is 1.83. The molecule has 1 saturated heterocycles. The van der Waals surface area contributed by atoms with Gasteiger partial charge in [-0.1, -0.05) is 0 Å². The Kier molecular flexibility index (Phi) is 7.01. The van der Waals surface area contributed by atoms with Crippen molar-refractivity contribution in [3.8, 4) is 11.5 Å². The minimum absolute atomic E-state index is 0.0111. The second-order valence-corrected chi connectivity index (χ2v) is 7.19. The van der Waals surface area contributed by atoms with E-state index in [1.165, 1.54) is 19.2 Å². The van der Waals surface area contributed by atoms with Gasteiger partial charge in [0.25, 0.3) is 5.91 Å². The van der Waals surface area contributed by atoms with Crippen LogP contribution >= 0.6 is 15.9 Å². The molecule has 1 aromatic carbocycles. The lowest BCUT2D eigenvalue weighted by atomic mass is 10.1. The summed E-state index contributed by atoms with van der Waals surface area (Å²) in [6.45, 7) is 4.50. The van der Waals surface area contributed by atoms with E-state index in [1.807, 2.05) is 13.8 Å². The normalized spacial score (nSPS) is 14.7. The number of hydrogen-bond donors (Lipinski definition) is 1. The van der Waals surface area contributed by atoms with E-state index in [2.05, 4.69) is 26.0 Å². The van der Waals surface area contributed by atoms with E-state index in [9.17, 15) is 14.4 Å². The van der Waals surface area contributed by atoms with Crippen molar-refractivity contribution in [1.82, 2.24) is 10.2 Å². The molecule has 0 radical (unpaired) electrons. The molecule has 1 aliphatic rings. The lowest BCUT2D eigenvalue weighted by molar-refractivity contribution is -0.123. The van der Waals surface area contributed by atoms with E-state index in [0.29, 0.717) is 34.7 Å². The van der Waals surface area contributed by atoms with Gasteiger partial charge in [-0.05, 0) is 65.7 Å². The number of ether oxygens (including phenoxy) is 3. The molecular weight excluding hydrogens is 472 g/mol. The maximum atomic E-state index is 12.8. The summed E-state index contributed by atoms with van der Waals surface area (Å²) in [5.74, 6) is 0.175. The third-order valence-electron chi connectivity index (χ3n) is 4.26. The Labute approximate surface area is 187 Å². The average Bonchev–Trinajstić information content (AvgIpc) is 3.31. The second-order valence-electron chi connectivity index (χ2n) is 6.33. The summed E-state index contributed by atoms with van der Waals surface area (Å²) in [6.07, 6.45) is 1.55. The molecule has 3 amide bonds. The van der Waals surface area contributed by atoms with Gasteiger partial charge in [-0.15, -0.1) is 0 Å². The lowest BCUT2D eigenvalue weighted by Gasteiger charge is -2.13. The first kappa shape index (κ1) is 22.4. The van der Waals surface area contributed by atoms with Crippen LogP contribution in [0.5, 0.6) is 11.5 Å². The molecule has 164 valence electrons. The van der Waals surface area contributed by atoms with Crippen molar-refractivity contribution in [1.29, 1.82) is 0 Å². The first-order valence-corrected chi connectivity index (χ1v) is 10.3. The molecule has 1 aromatic heterocycles. The highest BCUT2D eigenvalue weighted by molar-refractivity contribution is 9.10. The van der Waals surface area contributed by atoms with E-state index in [4.69, 9.17) is 13.9 Å². The number of amides is 3. The van der Waals surface area contributed by atoms with Crippen molar-refractivity contribution in [2.75, 3.05) is 20.3 Å². The van der Waals surface area contributed by atoms with Crippen molar-refractivity contribution < 1.29 is 33.0 Å². The number of benzene rings is 1. The van der Waals surface area contributed by atoms with Gasteiger partial charge in [-0.2, -0.15) is 0 Å². The molecule has 10 heteroatoms. The van der Waals surface area contributed by atoms with E-state index < -0.39 is 17.9 Å². The third kappa shape index (κ3) is 4.91. The molecule has 31 heavy (non-hydrogen) atoms. The van der Waals surface area contributed by atoms with Crippen molar-refractivity contribution in [2.24, 2.45) is 0 Å². The van der Waals surface area contributed by atoms with Crippen molar-refractivity contribution in [2.45, 2.75) is 20.4 Å². The van der Waals surface area contributed by atoms with Crippen LogP contribution in [0.15, 0.2) is 38.9 Å². The van der Waals surface area contributed by atoms with Gasteiger partial charge < -0.3 is 23.9 Å². The number of esters is 1. The quantitative estimate of drug-likeness (QED) is 0.339. The number of hydrogen-bond acceptors (Lipinski definition) is 7. The molecule has 0 atom stereocenters. The fourth-order valence-electron chi connectivity index (χ4n) is 2.93. The third-order valence-corrected chi connectivity index (χ3v) is 4.84. The van der Waals surface area contributed by atoms with E-state index >= 15 is 0 Å². The summed E-state index contributed by atoms with van der Waals surface area (Å²) in [7, 11) is 1.23. The highest BCUT2D eigenvalue weighted by atomic mass is 79.9. The van der Waals surface area contributed by atoms with Gasteiger partial charge in [-0.25, -0.2) is 9.59 Å². The number of halogens is 1. The van der Waals surface area contributed by atoms with Crippen LogP contribution in [-0.4, -0.2) is 43.1 Å². The number of nitrogens with one attached hydrogen (secondary N) is 1. The number of methoxy groups -OCH3 is 1. The van der Waals surface area contributed by atoms with Gasteiger partial charge in [0.1, 0.15) is 11.5 Å². The molecule has 9 nitrogen and oxygen atoms in total. The number of furan rings is 1. The zero-order valence-corrected chi connectivity index (χ0v) is 18.8. The Hall–Kier alpha value is -3.27. The maximum Gasteiger partial charge on any atom is 0.373 e. The Morgan fingerprint density at radius 1 is 1.19 bits per heavy atom. The number of imide groups is 1. The molecule has 1 N–H and O–H groups in total. The Morgan fingerprint density at radius 3 is 2.61 bits per heavy atom. The van der Waals surface area contributed by atoms with Crippen molar-refractivity contribution in [3.63, 3.8) is 0 Å². The predicted molar refractivity (Wildman–Crippen MR) is 114 cm³/mol. The highest BCUT2D eigenvalue weighted by Crippen LogP contribution is 2.37. The molecule has 1 aliphatic heterocycles. The number of nitrogens with zero attached hydrogens (tertiary/aromatic N) is 1. The van der Waals surface area contributed by atoms with Crippen LogP contribution in [0, 0.1) is 0 Å². The van der Waals surface area contributed by atoms with Gasteiger partial charge >= 0.3 is 12.0 Å². The van der Waals surface area contributed by atoms with Crippen LogP contribution in [0.1, 0.15) is 35.7 Å². The fourth-order valence-corrected chi connectivity index (χ4v) is 3.50. The van der Waals surface area contributed by atoms with Gasteiger partial charge in [0.15, 0.2) is 11.5 Å². The SMILES string of the molecule is CCOc1cc(C=C2NC(=O)N(Cc3ccc(C(=O)OC)o3)C2=O)cc(Br)c1OCC. The van der Waals surface area contributed by atoms with Crippen LogP contribution < -0.4 is 14.8 Å². The standard InChI is InChI=1S/C21H21BrN2O7/c1-4-29-17-10-12(8-14(22)18(17)30-5-2)9-15-19(25)24(21(27)23-15)11-13-6-7-16(31-13)20(26)28-3/h6-10H,4-5,11H2,1-3H3,(H,23,27). The largest absolute Gasteiger partial charge is 0.490 e. The zero-order chi connectivity index (χ0) is 22.5. The molecule has 0 aliphatic carbocycles. The van der Waals surface area contributed by atoms with Gasteiger partial charge in [-0.3, -0.25) is 9.69 Å². The van der Waals surface area contributed by atoms with E-state index in [1.54, 1.807) is 18.2 Å². The van der Waals surface area contributed by atoms with Crippen LogP contribution in [0.25, 0.3) is 6.08 Å². The summed E-state index contributed by atoms with van der Waals surface area (Å²) in [4.78, 5) is 37.6. The molecule has 0 spiro atoms. The lowest BCUT2D eigenvalue weighted by Crippen LogP contribution is -2.30. The molecule has 0 unspecified atom stereocenters. The summed E-state index contributed by atoms with van der Waals surface area (Å²) in [6, 6.07) is 5.82. The Morgan fingerprint density at radius 2 is 1.94 bits per heavy atom. The minimum atomic E-state index is -0.643. The maximum absolute atomic E-state index is 12.8. The Bertz CT molecular complexity index is 1040.